The van der Waals surface area contributed by atoms with Crippen LogP contribution >= 0.6 is 0 Å². The summed E-state index contributed by atoms with van der Waals surface area (Å²) in [6, 6.07) is 0. The number of fused-ring (bicyclic) bond motifs is 7. The van der Waals surface area contributed by atoms with Crippen LogP contribution in [0.1, 0.15) is 98.3 Å². The molecule has 1 aliphatic heterocycles. The molecule has 4 aliphatic carbocycles. The van der Waals surface area contributed by atoms with Crippen LogP contribution in [0.4, 0.5) is 0 Å². The van der Waals surface area contributed by atoms with Crippen molar-refractivity contribution in [3.63, 3.8) is 0 Å². The van der Waals surface area contributed by atoms with Gasteiger partial charge in [-0.1, -0.05) is 33.6 Å². The second-order valence-corrected chi connectivity index (χ2v) is 13.0. The van der Waals surface area contributed by atoms with E-state index in [1.54, 1.807) is 6.92 Å². The Hall–Kier alpha value is -0.120. The van der Waals surface area contributed by atoms with Crippen LogP contribution in [-0.4, -0.2) is 34.6 Å². The summed E-state index contributed by atoms with van der Waals surface area (Å²) >= 11 is 0. The van der Waals surface area contributed by atoms with Crippen molar-refractivity contribution in [3.8, 4) is 0 Å². The second-order valence-electron chi connectivity index (χ2n) is 13.0. The van der Waals surface area contributed by atoms with Crippen molar-refractivity contribution in [2.45, 2.75) is 116 Å². The predicted octanol–water partition coefficient (Wildman–Crippen LogP) is 5.57. The van der Waals surface area contributed by atoms with Crippen LogP contribution in [0.15, 0.2) is 0 Å². The lowest BCUT2D eigenvalue weighted by molar-refractivity contribution is -0.115. The molecule has 172 valence electrons. The zero-order chi connectivity index (χ0) is 21.3. The Morgan fingerprint density at radius 3 is 2.57 bits per heavy atom. The lowest BCUT2D eigenvalue weighted by atomic mass is 9.44. The molecule has 5 aliphatic rings. The summed E-state index contributed by atoms with van der Waals surface area (Å²) in [4.78, 5) is 0. The Bertz CT molecular complexity index is 646. The molecule has 5 rings (SSSR count). The fourth-order valence-electron chi connectivity index (χ4n) is 9.84. The molecule has 3 nitrogen and oxygen atoms in total. The molecule has 1 saturated heterocycles. The molecule has 1 heterocycles. The number of aliphatic hydroxyl groups excluding tert-OH is 1. The minimum absolute atomic E-state index is 0.163. The largest absolute Gasteiger partial charge is 0.393 e. The van der Waals surface area contributed by atoms with Gasteiger partial charge in [-0.15, -0.1) is 0 Å². The highest BCUT2D eigenvalue weighted by Gasteiger charge is 2.65. The first kappa shape index (κ1) is 21.7. The third kappa shape index (κ3) is 3.16. The normalized spacial score (nSPS) is 54.6. The van der Waals surface area contributed by atoms with Gasteiger partial charge in [-0.05, 0) is 111 Å². The molecular weight excluding hydrogens is 372 g/mol. The van der Waals surface area contributed by atoms with Gasteiger partial charge < -0.3 is 14.9 Å². The van der Waals surface area contributed by atoms with E-state index in [0.29, 0.717) is 35.2 Å². The minimum Gasteiger partial charge on any atom is -0.393 e. The fraction of sp³-hybridized carbons (Fsp3) is 1.00. The van der Waals surface area contributed by atoms with E-state index < -0.39 is 5.60 Å². The summed E-state index contributed by atoms with van der Waals surface area (Å²) in [6.07, 6.45) is 15.2. The molecule has 0 aromatic heterocycles. The molecule has 0 bridgehead atoms. The van der Waals surface area contributed by atoms with Crippen LogP contribution in [0.2, 0.25) is 0 Å². The van der Waals surface area contributed by atoms with E-state index in [4.69, 9.17) is 4.74 Å². The molecule has 0 aromatic rings. The topological polar surface area (TPSA) is 49.7 Å². The molecule has 5 fully saturated rings. The minimum atomic E-state index is -0.973. The van der Waals surface area contributed by atoms with Gasteiger partial charge in [-0.2, -0.15) is 0 Å². The first-order valence-corrected chi connectivity index (χ1v) is 13.2. The highest BCUT2D eigenvalue weighted by Crippen LogP contribution is 2.70. The fourth-order valence-corrected chi connectivity index (χ4v) is 9.84. The highest BCUT2D eigenvalue weighted by molar-refractivity contribution is 5.13. The van der Waals surface area contributed by atoms with Crippen LogP contribution < -0.4 is 0 Å². The third-order valence-corrected chi connectivity index (χ3v) is 11.5. The smallest absolute Gasteiger partial charge is 0.0850 e. The van der Waals surface area contributed by atoms with Crippen molar-refractivity contribution >= 4 is 0 Å². The number of rotatable bonds is 4. The molecule has 0 amide bonds. The number of hydrogen-bond donors (Lipinski definition) is 2. The molecule has 3 heteroatoms. The summed E-state index contributed by atoms with van der Waals surface area (Å²) in [5.41, 5.74) is 0.0851. The monoisotopic (exact) mass is 418 g/mol. The van der Waals surface area contributed by atoms with Gasteiger partial charge in [0.15, 0.2) is 0 Å². The standard InChI is InChI=1S/C27H46O3/c1-17-22(11-13-25(2,29)16-28)30-23-15-21-19-9-8-18-7-5-6-12-26(18,3)20(19)10-14-27(21,4)24(17)23/h17-24,28-29H,5-16H2,1-4H3. The van der Waals surface area contributed by atoms with E-state index in [1.807, 2.05) is 0 Å². The lowest BCUT2D eigenvalue weighted by Crippen LogP contribution is -2.53. The molecule has 30 heavy (non-hydrogen) atoms. The molecule has 2 N–H and O–H groups in total. The Morgan fingerprint density at radius 1 is 1.00 bits per heavy atom. The molecule has 0 aromatic carbocycles. The van der Waals surface area contributed by atoms with Crippen LogP contribution in [0.3, 0.4) is 0 Å². The van der Waals surface area contributed by atoms with E-state index in [9.17, 15) is 10.2 Å². The third-order valence-electron chi connectivity index (χ3n) is 11.5. The van der Waals surface area contributed by atoms with Crippen molar-refractivity contribution in [2.24, 2.45) is 46.3 Å². The van der Waals surface area contributed by atoms with E-state index in [0.717, 1.165) is 30.1 Å². The van der Waals surface area contributed by atoms with Crippen molar-refractivity contribution in [3.05, 3.63) is 0 Å². The maximum absolute atomic E-state index is 10.3. The van der Waals surface area contributed by atoms with Crippen LogP contribution in [0.25, 0.3) is 0 Å². The molecule has 0 radical (unpaired) electrons. The quantitative estimate of drug-likeness (QED) is 0.627. The first-order chi connectivity index (χ1) is 14.2. The second kappa shape index (κ2) is 7.45. The van der Waals surface area contributed by atoms with Gasteiger partial charge in [-0.3, -0.25) is 0 Å². The van der Waals surface area contributed by atoms with Gasteiger partial charge in [0.05, 0.1) is 24.4 Å². The van der Waals surface area contributed by atoms with Gasteiger partial charge in [0.1, 0.15) is 0 Å². The van der Waals surface area contributed by atoms with Gasteiger partial charge in [-0.25, -0.2) is 0 Å². The average molecular weight is 419 g/mol. The Kier molecular flexibility index (Phi) is 5.39. The first-order valence-electron chi connectivity index (χ1n) is 13.2. The van der Waals surface area contributed by atoms with Gasteiger partial charge in [0.2, 0.25) is 0 Å². The maximum atomic E-state index is 10.3. The van der Waals surface area contributed by atoms with Crippen molar-refractivity contribution < 1.29 is 14.9 Å². The molecule has 11 unspecified atom stereocenters. The number of aliphatic hydroxyl groups is 2. The molecule has 11 atom stereocenters. The predicted molar refractivity (Wildman–Crippen MR) is 120 cm³/mol. The number of ether oxygens (including phenoxy) is 1. The summed E-state index contributed by atoms with van der Waals surface area (Å²) in [5.74, 6) is 4.99. The SMILES string of the molecule is CC1C(CCC(C)(O)CO)OC2CC3C4CCC5CCCCC5(C)C4CCC3(C)C21. The lowest BCUT2D eigenvalue weighted by Gasteiger charge is -2.60. The van der Waals surface area contributed by atoms with E-state index in [2.05, 4.69) is 20.8 Å². The number of hydrogen-bond acceptors (Lipinski definition) is 3. The van der Waals surface area contributed by atoms with Gasteiger partial charge in [0, 0.05) is 0 Å². The Labute approximate surface area is 184 Å². The van der Waals surface area contributed by atoms with Crippen LogP contribution in [-0.2, 0) is 4.74 Å². The summed E-state index contributed by atoms with van der Waals surface area (Å²) in [5, 5.41) is 19.7. The van der Waals surface area contributed by atoms with Crippen molar-refractivity contribution in [1.29, 1.82) is 0 Å². The zero-order valence-electron chi connectivity index (χ0n) is 19.9. The van der Waals surface area contributed by atoms with E-state index in [-0.39, 0.29) is 12.7 Å². The summed E-state index contributed by atoms with van der Waals surface area (Å²) < 4.78 is 6.71. The summed E-state index contributed by atoms with van der Waals surface area (Å²) in [7, 11) is 0. The Balaban J connectivity index is 1.32. The highest BCUT2D eigenvalue weighted by atomic mass is 16.5. The molecule has 4 saturated carbocycles. The van der Waals surface area contributed by atoms with Gasteiger partial charge >= 0.3 is 0 Å². The van der Waals surface area contributed by atoms with E-state index >= 15 is 0 Å². The molecule has 0 spiro atoms. The van der Waals surface area contributed by atoms with Crippen LogP contribution in [0.5, 0.6) is 0 Å². The van der Waals surface area contributed by atoms with Crippen molar-refractivity contribution in [2.75, 3.05) is 6.61 Å². The molecular formula is C27H46O3. The van der Waals surface area contributed by atoms with E-state index in [1.165, 1.54) is 57.8 Å². The average Bonchev–Trinajstić information content (AvgIpc) is 3.19. The Morgan fingerprint density at radius 2 is 1.80 bits per heavy atom. The van der Waals surface area contributed by atoms with Crippen LogP contribution in [0, 0.1) is 46.3 Å². The zero-order valence-corrected chi connectivity index (χ0v) is 19.9. The van der Waals surface area contributed by atoms with Gasteiger partial charge in [0.25, 0.3) is 0 Å². The van der Waals surface area contributed by atoms with Crippen molar-refractivity contribution in [1.82, 2.24) is 0 Å². The maximum Gasteiger partial charge on any atom is 0.0850 e. The summed E-state index contributed by atoms with van der Waals surface area (Å²) in [6.45, 7) is 9.30.